The fourth-order valence-corrected chi connectivity index (χ4v) is 4.48. The number of fused-ring (bicyclic) bond motifs is 3. The molecule has 5 rings (SSSR count). The summed E-state index contributed by atoms with van der Waals surface area (Å²) >= 11 is 5.35. The van der Waals surface area contributed by atoms with Gasteiger partial charge >= 0.3 is 0 Å². The lowest BCUT2D eigenvalue weighted by Gasteiger charge is -2.25. The minimum Gasteiger partial charge on any atom is -0.497 e. The first-order chi connectivity index (χ1) is 14.6. The van der Waals surface area contributed by atoms with Gasteiger partial charge in [-0.15, -0.1) is 0 Å². The Morgan fingerprint density at radius 1 is 1.13 bits per heavy atom. The molecule has 0 saturated heterocycles. The van der Waals surface area contributed by atoms with Gasteiger partial charge in [0, 0.05) is 23.1 Å². The molecule has 0 fully saturated rings. The van der Waals surface area contributed by atoms with Gasteiger partial charge in [-0.1, -0.05) is 18.2 Å². The zero-order valence-electron chi connectivity index (χ0n) is 16.2. The van der Waals surface area contributed by atoms with Gasteiger partial charge < -0.3 is 20.1 Å². The molecule has 0 amide bonds. The Labute approximate surface area is 177 Å². The fraction of sp³-hybridized carbons (Fsp3) is 0.182. The van der Waals surface area contributed by atoms with Crippen molar-refractivity contribution in [3.8, 4) is 17.3 Å². The Balaban J connectivity index is 1.71. The van der Waals surface area contributed by atoms with Gasteiger partial charge in [0.1, 0.15) is 11.3 Å². The Hall–Kier alpha value is -3.36. The number of ether oxygens (including phenoxy) is 1. The minimum atomic E-state index is -0.481. The SMILES string of the molecule is COc1ccc(-n2c(O)c([C@@H]3NCCc4c3[nH]c3ccccc43)c(=O)[nH]c2=S)cc1. The Bertz CT molecular complexity index is 1370. The third-order valence-electron chi connectivity index (χ3n) is 5.60. The molecule has 4 N–H and O–H groups in total. The lowest BCUT2D eigenvalue weighted by molar-refractivity contribution is 0.409. The molecular weight excluding hydrogens is 400 g/mol. The molecule has 152 valence electrons. The van der Waals surface area contributed by atoms with Crippen LogP contribution in [0.15, 0.2) is 53.3 Å². The predicted octanol–water partition coefficient (Wildman–Crippen LogP) is 3.33. The van der Waals surface area contributed by atoms with E-state index in [9.17, 15) is 9.90 Å². The molecule has 2 aromatic carbocycles. The van der Waals surface area contributed by atoms with E-state index in [0.717, 1.165) is 28.6 Å². The molecule has 1 atom stereocenters. The van der Waals surface area contributed by atoms with Crippen LogP contribution in [-0.2, 0) is 6.42 Å². The number of nitrogens with one attached hydrogen (secondary N) is 3. The van der Waals surface area contributed by atoms with Gasteiger partial charge in [0.05, 0.1) is 18.8 Å². The van der Waals surface area contributed by atoms with Crippen LogP contribution >= 0.6 is 12.2 Å². The highest BCUT2D eigenvalue weighted by molar-refractivity contribution is 7.71. The van der Waals surface area contributed by atoms with Gasteiger partial charge in [0.25, 0.3) is 5.56 Å². The van der Waals surface area contributed by atoms with Crippen molar-refractivity contribution < 1.29 is 9.84 Å². The van der Waals surface area contributed by atoms with Gasteiger partial charge in [-0.05, 0) is 54.5 Å². The van der Waals surface area contributed by atoms with Crippen molar-refractivity contribution in [2.24, 2.45) is 0 Å². The van der Waals surface area contributed by atoms with Gasteiger partial charge in [-0.2, -0.15) is 0 Å². The molecular formula is C22H20N4O3S. The summed E-state index contributed by atoms with van der Waals surface area (Å²) in [6.07, 6.45) is 0.839. The van der Waals surface area contributed by atoms with Gasteiger partial charge in [-0.3, -0.25) is 14.3 Å². The average molecular weight is 420 g/mol. The largest absolute Gasteiger partial charge is 0.497 e. The molecule has 30 heavy (non-hydrogen) atoms. The van der Waals surface area contributed by atoms with Crippen LogP contribution in [0.4, 0.5) is 0 Å². The van der Waals surface area contributed by atoms with Crippen molar-refractivity contribution in [3.05, 3.63) is 80.5 Å². The molecule has 0 unspecified atom stereocenters. The van der Waals surface area contributed by atoms with Crippen molar-refractivity contribution in [3.63, 3.8) is 0 Å². The van der Waals surface area contributed by atoms with Crippen LogP contribution in [0.3, 0.4) is 0 Å². The van der Waals surface area contributed by atoms with E-state index in [2.05, 4.69) is 21.4 Å². The third-order valence-corrected chi connectivity index (χ3v) is 5.88. The summed E-state index contributed by atoms with van der Waals surface area (Å²) in [6.45, 7) is 0.691. The Morgan fingerprint density at radius 2 is 1.90 bits per heavy atom. The quantitative estimate of drug-likeness (QED) is 0.382. The van der Waals surface area contributed by atoms with Crippen molar-refractivity contribution in [1.29, 1.82) is 0 Å². The number of benzene rings is 2. The summed E-state index contributed by atoms with van der Waals surface area (Å²) in [5.41, 5.74) is 3.50. The molecule has 0 spiro atoms. The second kappa shape index (κ2) is 7.16. The van der Waals surface area contributed by atoms with Gasteiger partial charge in [0.2, 0.25) is 5.88 Å². The number of nitrogens with zero attached hydrogens (tertiary/aromatic N) is 1. The summed E-state index contributed by atoms with van der Waals surface area (Å²) in [7, 11) is 1.59. The molecule has 0 saturated carbocycles. The standard InChI is InChI=1S/C22H20N4O3S/c1-29-13-8-6-12(7-9-13)26-21(28)17(20(27)25-22(26)30)19-18-15(10-11-23-19)14-4-2-3-5-16(14)24-18/h2-9,19,23-24,28H,10-11H2,1H3,(H,25,27,30)/t19-/m0/s1. The van der Waals surface area contributed by atoms with E-state index in [4.69, 9.17) is 17.0 Å². The Morgan fingerprint density at radius 3 is 2.67 bits per heavy atom. The zero-order chi connectivity index (χ0) is 20.8. The van der Waals surface area contributed by atoms with E-state index in [1.807, 2.05) is 18.2 Å². The monoisotopic (exact) mass is 420 g/mol. The lowest BCUT2D eigenvalue weighted by Crippen LogP contribution is -2.35. The molecule has 8 heteroatoms. The fourth-order valence-electron chi connectivity index (χ4n) is 4.20. The van der Waals surface area contributed by atoms with E-state index in [1.54, 1.807) is 31.4 Å². The number of aromatic nitrogens is 3. The number of aromatic hydroxyl groups is 1. The summed E-state index contributed by atoms with van der Waals surface area (Å²) in [5.74, 6) is 0.504. The van der Waals surface area contributed by atoms with Crippen molar-refractivity contribution in [2.45, 2.75) is 12.5 Å². The van der Waals surface area contributed by atoms with E-state index in [-0.39, 0.29) is 16.2 Å². The predicted molar refractivity (Wildman–Crippen MR) is 117 cm³/mol. The number of hydrogen-bond donors (Lipinski definition) is 4. The average Bonchev–Trinajstić information content (AvgIpc) is 3.13. The highest BCUT2D eigenvalue weighted by atomic mass is 32.1. The molecule has 0 bridgehead atoms. The zero-order valence-corrected chi connectivity index (χ0v) is 17.0. The van der Waals surface area contributed by atoms with Crippen molar-refractivity contribution in [1.82, 2.24) is 19.9 Å². The topological polar surface area (TPSA) is 95.1 Å². The van der Waals surface area contributed by atoms with Crippen molar-refractivity contribution in [2.75, 3.05) is 13.7 Å². The van der Waals surface area contributed by atoms with Crippen LogP contribution in [0, 0.1) is 4.77 Å². The third kappa shape index (κ3) is 2.84. The molecule has 0 aliphatic carbocycles. The van der Waals surface area contributed by atoms with E-state index in [1.165, 1.54) is 4.57 Å². The van der Waals surface area contributed by atoms with Crippen LogP contribution < -0.4 is 15.6 Å². The summed E-state index contributed by atoms with van der Waals surface area (Å²) in [6, 6.07) is 14.7. The highest BCUT2D eigenvalue weighted by Crippen LogP contribution is 2.35. The Kier molecular flexibility index (Phi) is 4.45. The maximum absolute atomic E-state index is 12.9. The molecule has 1 aliphatic rings. The second-order valence-electron chi connectivity index (χ2n) is 7.23. The maximum atomic E-state index is 12.9. The molecule has 4 aromatic rings. The summed E-state index contributed by atoms with van der Waals surface area (Å²) < 4.78 is 6.79. The van der Waals surface area contributed by atoms with E-state index in [0.29, 0.717) is 18.0 Å². The van der Waals surface area contributed by atoms with Crippen LogP contribution in [-0.4, -0.2) is 33.3 Å². The highest BCUT2D eigenvalue weighted by Gasteiger charge is 2.30. The number of hydrogen-bond acceptors (Lipinski definition) is 5. The summed E-state index contributed by atoms with van der Waals surface area (Å²) in [4.78, 5) is 19.0. The van der Waals surface area contributed by atoms with Crippen LogP contribution in [0.5, 0.6) is 11.6 Å². The number of aromatic amines is 2. The van der Waals surface area contributed by atoms with Crippen LogP contribution in [0.25, 0.3) is 16.6 Å². The van der Waals surface area contributed by atoms with Crippen LogP contribution in [0.2, 0.25) is 0 Å². The lowest BCUT2D eigenvalue weighted by atomic mass is 9.95. The molecule has 3 heterocycles. The van der Waals surface area contributed by atoms with Crippen molar-refractivity contribution >= 4 is 23.1 Å². The number of rotatable bonds is 3. The number of para-hydroxylation sites is 1. The first-order valence-electron chi connectivity index (χ1n) is 9.64. The first-order valence-corrected chi connectivity index (χ1v) is 10.0. The second-order valence-corrected chi connectivity index (χ2v) is 7.62. The first kappa shape index (κ1) is 18.7. The van der Waals surface area contributed by atoms with E-state index < -0.39 is 11.6 Å². The van der Waals surface area contributed by atoms with Gasteiger partial charge in [0.15, 0.2) is 4.77 Å². The number of H-pyrrole nitrogens is 2. The smallest absolute Gasteiger partial charge is 0.260 e. The summed E-state index contributed by atoms with van der Waals surface area (Å²) in [5, 5.41) is 15.7. The molecule has 2 aromatic heterocycles. The minimum absolute atomic E-state index is 0.124. The molecule has 7 nitrogen and oxygen atoms in total. The van der Waals surface area contributed by atoms with Crippen LogP contribution in [0.1, 0.15) is 22.9 Å². The molecule has 1 aliphatic heterocycles. The molecule has 0 radical (unpaired) electrons. The maximum Gasteiger partial charge on any atom is 0.260 e. The van der Waals surface area contributed by atoms with E-state index >= 15 is 0 Å². The van der Waals surface area contributed by atoms with Gasteiger partial charge in [-0.25, -0.2) is 0 Å². The normalized spacial score (nSPS) is 15.8. The number of methoxy groups -OCH3 is 1.